The molecule has 0 amide bonds. The van der Waals surface area contributed by atoms with Crippen molar-refractivity contribution in [3.63, 3.8) is 0 Å². The number of aromatic nitrogens is 4. The minimum Gasteiger partial charge on any atom is -0.497 e. The van der Waals surface area contributed by atoms with Crippen LogP contribution in [0.2, 0.25) is 0 Å². The zero-order chi connectivity index (χ0) is 13.0. The van der Waals surface area contributed by atoms with Gasteiger partial charge in [0.2, 0.25) is 0 Å². The molecule has 1 aromatic carbocycles. The van der Waals surface area contributed by atoms with Crippen LogP contribution in [-0.4, -0.2) is 27.3 Å². The third-order valence-electron chi connectivity index (χ3n) is 2.73. The van der Waals surface area contributed by atoms with E-state index in [1.165, 1.54) is 10.4 Å². The van der Waals surface area contributed by atoms with Crippen LogP contribution in [0.3, 0.4) is 0 Å². The highest BCUT2D eigenvalue weighted by Crippen LogP contribution is 2.17. The molecule has 96 valence electrons. The van der Waals surface area contributed by atoms with E-state index in [1.54, 1.807) is 14.2 Å². The molecule has 2 rings (SSSR count). The maximum absolute atomic E-state index is 5.13. The molecule has 0 aliphatic rings. The van der Waals surface area contributed by atoms with E-state index in [-0.39, 0.29) is 6.04 Å². The maximum atomic E-state index is 5.13. The van der Waals surface area contributed by atoms with Crippen molar-refractivity contribution in [2.24, 2.45) is 7.05 Å². The summed E-state index contributed by atoms with van der Waals surface area (Å²) in [6, 6.07) is 8.21. The Morgan fingerprint density at radius 3 is 2.61 bits per heavy atom. The van der Waals surface area contributed by atoms with Crippen LogP contribution in [0.1, 0.15) is 24.4 Å². The summed E-state index contributed by atoms with van der Waals surface area (Å²) >= 11 is 0. The van der Waals surface area contributed by atoms with Crippen molar-refractivity contribution < 1.29 is 4.74 Å². The van der Waals surface area contributed by atoms with Gasteiger partial charge in [-0.25, -0.2) is 0 Å². The van der Waals surface area contributed by atoms with E-state index in [1.807, 2.05) is 24.3 Å². The van der Waals surface area contributed by atoms with Gasteiger partial charge in [-0.05, 0) is 29.8 Å². The van der Waals surface area contributed by atoms with Crippen LogP contribution in [0.5, 0.6) is 5.75 Å². The summed E-state index contributed by atoms with van der Waals surface area (Å²) in [6.07, 6.45) is 0. The number of hydrogen-bond acceptors (Lipinski definition) is 5. The molecule has 0 saturated heterocycles. The first kappa shape index (κ1) is 12.5. The fraction of sp³-hybridized carbons (Fsp3) is 0.417. The van der Waals surface area contributed by atoms with Gasteiger partial charge in [0.15, 0.2) is 5.82 Å². The molecule has 0 radical (unpaired) electrons. The number of ether oxygens (including phenoxy) is 1. The first-order valence-electron chi connectivity index (χ1n) is 5.79. The van der Waals surface area contributed by atoms with Gasteiger partial charge < -0.3 is 10.1 Å². The standard InChI is InChI=1S/C12H17N5O/c1-9(10-4-6-11(18-3)7-5-10)13-8-12-14-16-17(2)15-12/h4-7,9,13H,8H2,1-3H3/t9-/m0/s1. The van der Waals surface area contributed by atoms with E-state index < -0.39 is 0 Å². The van der Waals surface area contributed by atoms with Crippen LogP contribution in [0.25, 0.3) is 0 Å². The van der Waals surface area contributed by atoms with Gasteiger partial charge in [-0.15, -0.1) is 10.2 Å². The second kappa shape index (κ2) is 5.59. The molecule has 1 atom stereocenters. The van der Waals surface area contributed by atoms with Crippen molar-refractivity contribution in [3.05, 3.63) is 35.7 Å². The third-order valence-corrected chi connectivity index (χ3v) is 2.73. The van der Waals surface area contributed by atoms with Crippen molar-refractivity contribution in [2.75, 3.05) is 7.11 Å². The molecule has 0 saturated carbocycles. The Morgan fingerprint density at radius 2 is 2.06 bits per heavy atom. The predicted octanol–water partition coefficient (Wildman–Crippen LogP) is 1.07. The zero-order valence-electron chi connectivity index (χ0n) is 10.8. The predicted molar refractivity (Wildman–Crippen MR) is 67.0 cm³/mol. The number of nitrogens with zero attached hydrogens (tertiary/aromatic N) is 4. The maximum Gasteiger partial charge on any atom is 0.188 e. The minimum atomic E-state index is 0.222. The zero-order valence-corrected chi connectivity index (χ0v) is 10.8. The Labute approximate surface area is 106 Å². The summed E-state index contributed by atoms with van der Waals surface area (Å²) in [4.78, 5) is 1.45. The molecular formula is C12H17N5O. The molecular weight excluding hydrogens is 230 g/mol. The summed E-state index contributed by atoms with van der Waals surface area (Å²) < 4.78 is 5.13. The number of hydrogen-bond donors (Lipinski definition) is 1. The topological polar surface area (TPSA) is 64.9 Å². The normalized spacial score (nSPS) is 12.4. The molecule has 1 heterocycles. The second-order valence-electron chi connectivity index (χ2n) is 4.07. The van der Waals surface area contributed by atoms with Crippen molar-refractivity contribution >= 4 is 0 Å². The Morgan fingerprint density at radius 1 is 1.33 bits per heavy atom. The monoisotopic (exact) mass is 247 g/mol. The molecule has 1 aromatic heterocycles. The quantitative estimate of drug-likeness (QED) is 0.856. The van der Waals surface area contributed by atoms with Crippen LogP contribution in [-0.2, 0) is 13.6 Å². The Kier molecular flexibility index (Phi) is 3.88. The average molecular weight is 247 g/mol. The van der Waals surface area contributed by atoms with Gasteiger partial charge in [0.25, 0.3) is 0 Å². The Balaban J connectivity index is 1.92. The molecule has 0 spiro atoms. The SMILES string of the molecule is COc1ccc([C@H](C)NCc2nnn(C)n2)cc1. The summed E-state index contributed by atoms with van der Waals surface area (Å²) in [5.41, 5.74) is 1.19. The molecule has 2 aromatic rings. The lowest BCUT2D eigenvalue weighted by Gasteiger charge is -2.13. The van der Waals surface area contributed by atoms with Gasteiger partial charge in [-0.2, -0.15) is 4.80 Å². The van der Waals surface area contributed by atoms with Crippen LogP contribution in [0, 0.1) is 0 Å². The second-order valence-corrected chi connectivity index (χ2v) is 4.07. The van der Waals surface area contributed by atoms with Gasteiger partial charge in [0, 0.05) is 6.04 Å². The van der Waals surface area contributed by atoms with Crippen LogP contribution in [0.4, 0.5) is 0 Å². The fourth-order valence-corrected chi connectivity index (χ4v) is 1.65. The lowest BCUT2D eigenvalue weighted by Crippen LogP contribution is -2.19. The van der Waals surface area contributed by atoms with Crippen LogP contribution < -0.4 is 10.1 Å². The van der Waals surface area contributed by atoms with E-state index in [2.05, 4.69) is 27.7 Å². The summed E-state index contributed by atoms with van der Waals surface area (Å²) in [7, 11) is 3.42. The average Bonchev–Trinajstić information content (AvgIpc) is 2.82. The van der Waals surface area contributed by atoms with E-state index in [9.17, 15) is 0 Å². The Bertz CT molecular complexity index is 493. The number of rotatable bonds is 5. The highest BCUT2D eigenvalue weighted by Gasteiger charge is 2.07. The highest BCUT2D eigenvalue weighted by molar-refractivity contribution is 5.28. The van der Waals surface area contributed by atoms with Crippen molar-refractivity contribution in [3.8, 4) is 5.75 Å². The van der Waals surface area contributed by atoms with Gasteiger partial charge in [-0.1, -0.05) is 12.1 Å². The summed E-state index contributed by atoms with van der Waals surface area (Å²) in [6.45, 7) is 2.69. The number of methoxy groups -OCH3 is 1. The minimum absolute atomic E-state index is 0.222. The molecule has 6 nitrogen and oxygen atoms in total. The highest BCUT2D eigenvalue weighted by atomic mass is 16.5. The molecule has 18 heavy (non-hydrogen) atoms. The first-order chi connectivity index (χ1) is 8.69. The summed E-state index contributed by atoms with van der Waals surface area (Å²) in [5, 5.41) is 15.2. The molecule has 0 bridgehead atoms. The Hall–Kier alpha value is -1.95. The first-order valence-corrected chi connectivity index (χ1v) is 5.79. The molecule has 1 N–H and O–H groups in total. The molecule has 0 unspecified atom stereocenters. The van der Waals surface area contributed by atoms with Crippen LogP contribution in [0.15, 0.2) is 24.3 Å². The number of aryl methyl sites for hydroxylation is 1. The number of nitrogens with one attached hydrogen (secondary N) is 1. The van der Waals surface area contributed by atoms with E-state index in [4.69, 9.17) is 4.74 Å². The third kappa shape index (κ3) is 3.04. The molecule has 0 fully saturated rings. The van der Waals surface area contributed by atoms with Gasteiger partial charge in [0.05, 0.1) is 20.7 Å². The smallest absolute Gasteiger partial charge is 0.188 e. The summed E-state index contributed by atoms with van der Waals surface area (Å²) in [5.74, 6) is 1.56. The van der Waals surface area contributed by atoms with Crippen molar-refractivity contribution in [1.29, 1.82) is 0 Å². The molecule has 0 aliphatic heterocycles. The van der Waals surface area contributed by atoms with Crippen molar-refractivity contribution in [2.45, 2.75) is 19.5 Å². The van der Waals surface area contributed by atoms with Gasteiger partial charge >= 0.3 is 0 Å². The van der Waals surface area contributed by atoms with E-state index in [0.29, 0.717) is 12.4 Å². The molecule has 6 heteroatoms. The molecule has 0 aliphatic carbocycles. The van der Waals surface area contributed by atoms with E-state index >= 15 is 0 Å². The fourth-order valence-electron chi connectivity index (χ4n) is 1.65. The largest absolute Gasteiger partial charge is 0.497 e. The lowest BCUT2D eigenvalue weighted by molar-refractivity contribution is 0.414. The van der Waals surface area contributed by atoms with Crippen LogP contribution >= 0.6 is 0 Å². The van der Waals surface area contributed by atoms with E-state index in [0.717, 1.165) is 5.75 Å². The van der Waals surface area contributed by atoms with Crippen molar-refractivity contribution in [1.82, 2.24) is 25.5 Å². The number of tetrazole rings is 1. The lowest BCUT2D eigenvalue weighted by atomic mass is 10.1. The van der Waals surface area contributed by atoms with Gasteiger partial charge in [-0.3, -0.25) is 0 Å². The number of benzene rings is 1. The van der Waals surface area contributed by atoms with Gasteiger partial charge in [0.1, 0.15) is 5.75 Å².